The second kappa shape index (κ2) is 7.11. The third-order valence-electron chi connectivity index (χ3n) is 4.65. The highest BCUT2D eigenvalue weighted by molar-refractivity contribution is 7.86. The van der Waals surface area contributed by atoms with Crippen molar-refractivity contribution in [3.63, 3.8) is 0 Å². The van der Waals surface area contributed by atoms with Gasteiger partial charge in [0.05, 0.1) is 12.3 Å². The van der Waals surface area contributed by atoms with Crippen molar-refractivity contribution in [2.45, 2.75) is 4.90 Å². The number of benzene rings is 3. The van der Waals surface area contributed by atoms with E-state index in [9.17, 15) is 17.8 Å². The summed E-state index contributed by atoms with van der Waals surface area (Å²) in [4.78, 5) is 20.2. The SMILES string of the molecule is [C-]#[N+]/C(C(=O)Nc1cccc2c(S(=O)(=O)O)cccc12)=C1/N=C(N)c2ccccc21. The minimum atomic E-state index is -4.45. The number of fused-ring (bicyclic) bond motifs is 2. The summed E-state index contributed by atoms with van der Waals surface area (Å²) in [5, 5.41) is 3.27. The molecule has 1 aliphatic heterocycles. The minimum Gasteiger partial charge on any atom is -0.383 e. The molecule has 4 N–H and O–H groups in total. The summed E-state index contributed by atoms with van der Waals surface area (Å²) < 4.78 is 32.8. The summed E-state index contributed by atoms with van der Waals surface area (Å²) in [5.41, 5.74) is 7.36. The first-order chi connectivity index (χ1) is 14.3. The van der Waals surface area contributed by atoms with Crippen molar-refractivity contribution in [1.29, 1.82) is 0 Å². The molecule has 0 aromatic heterocycles. The molecular formula is C21H14N4O4S. The largest absolute Gasteiger partial charge is 0.383 e. The van der Waals surface area contributed by atoms with Gasteiger partial charge in [-0.15, -0.1) is 0 Å². The highest BCUT2D eigenvalue weighted by atomic mass is 32.2. The number of rotatable bonds is 3. The number of nitrogens with two attached hydrogens (primary N) is 1. The summed E-state index contributed by atoms with van der Waals surface area (Å²) in [6.45, 7) is 7.49. The zero-order valence-corrected chi connectivity index (χ0v) is 16.1. The lowest BCUT2D eigenvalue weighted by Crippen LogP contribution is -2.14. The molecule has 3 aromatic carbocycles. The molecule has 0 unspecified atom stereocenters. The van der Waals surface area contributed by atoms with Crippen molar-refractivity contribution in [1.82, 2.24) is 0 Å². The number of hydrogen-bond donors (Lipinski definition) is 3. The van der Waals surface area contributed by atoms with Crippen LogP contribution in [0.5, 0.6) is 0 Å². The number of amides is 1. The van der Waals surface area contributed by atoms with E-state index >= 15 is 0 Å². The molecule has 0 fully saturated rings. The fourth-order valence-corrected chi connectivity index (χ4v) is 4.05. The number of nitrogens with zero attached hydrogens (tertiary/aromatic N) is 2. The first kappa shape index (κ1) is 19.3. The number of carbonyl (C=O) groups is 1. The molecule has 4 rings (SSSR count). The van der Waals surface area contributed by atoms with Crippen molar-refractivity contribution in [3.8, 4) is 0 Å². The number of nitrogens with one attached hydrogen (secondary N) is 1. The molecule has 148 valence electrons. The molecule has 0 aliphatic carbocycles. The Morgan fingerprint density at radius 3 is 2.37 bits per heavy atom. The van der Waals surface area contributed by atoms with Crippen LogP contribution in [-0.2, 0) is 14.9 Å². The molecule has 1 aliphatic rings. The van der Waals surface area contributed by atoms with Crippen LogP contribution >= 0.6 is 0 Å². The van der Waals surface area contributed by atoms with Gasteiger partial charge in [0, 0.05) is 27.6 Å². The lowest BCUT2D eigenvalue weighted by Gasteiger charge is -2.11. The fourth-order valence-electron chi connectivity index (χ4n) is 3.34. The van der Waals surface area contributed by atoms with E-state index in [4.69, 9.17) is 12.3 Å². The van der Waals surface area contributed by atoms with E-state index in [0.29, 0.717) is 16.5 Å². The predicted octanol–water partition coefficient (Wildman–Crippen LogP) is 3.03. The molecule has 0 bridgehead atoms. The second-order valence-electron chi connectivity index (χ2n) is 6.44. The summed E-state index contributed by atoms with van der Waals surface area (Å²) in [6, 6.07) is 16.0. The van der Waals surface area contributed by atoms with Crippen LogP contribution in [0.2, 0.25) is 0 Å². The highest BCUT2D eigenvalue weighted by Gasteiger charge is 2.25. The maximum atomic E-state index is 12.9. The summed E-state index contributed by atoms with van der Waals surface area (Å²) in [6.07, 6.45) is 0. The lowest BCUT2D eigenvalue weighted by atomic mass is 10.1. The topological polar surface area (TPSA) is 126 Å². The Labute approximate surface area is 171 Å². The van der Waals surface area contributed by atoms with Gasteiger partial charge in [-0.1, -0.05) is 48.5 Å². The minimum absolute atomic E-state index is 0.175. The van der Waals surface area contributed by atoms with Crippen molar-refractivity contribution < 1.29 is 17.8 Å². The van der Waals surface area contributed by atoms with Crippen LogP contribution in [0.4, 0.5) is 5.69 Å². The van der Waals surface area contributed by atoms with Crippen molar-refractivity contribution in [2.24, 2.45) is 10.7 Å². The number of hydrogen-bond acceptors (Lipinski definition) is 5. The van der Waals surface area contributed by atoms with Crippen LogP contribution in [0.1, 0.15) is 11.1 Å². The van der Waals surface area contributed by atoms with E-state index in [1.807, 2.05) is 0 Å². The highest BCUT2D eigenvalue weighted by Crippen LogP contribution is 2.32. The predicted molar refractivity (Wildman–Crippen MR) is 113 cm³/mol. The van der Waals surface area contributed by atoms with Gasteiger partial charge in [-0.05, 0) is 12.1 Å². The molecule has 0 saturated carbocycles. The molecule has 0 spiro atoms. The zero-order valence-electron chi connectivity index (χ0n) is 15.3. The molecule has 0 atom stereocenters. The van der Waals surface area contributed by atoms with Gasteiger partial charge in [-0.3, -0.25) is 9.35 Å². The van der Waals surface area contributed by atoms with Crippen LogP contribution in [0.15, 0.2) is 76.2 Å². The lowest BCUT2D eigenvalue weighted by molar-refractivity contribution is -0.112. The molecular weight excluding hydrogens is 404 g/mol. The normalized spacial score (nSPS) is 14.6. The molecule has 8 nitrogen and oxygen atoms in total. The average molecular weight is 418 g/mol. The molecule has 0 radical (unpaired) electrons. The van der Waals surface area contributed by atoms with E-state index in [-0.39, 0.29) is 33.2 Å². The van der Waals surface area contributed by atoms with Gasteiger partial charge in [0.2, 0.25) is 0 Å². The second-order valence-corrected chi connectivity index (χ2v) is 7.83. The van der Waals surface area contributed by atoms with Crippen molar-refractivity contribution >= 4 is 44.0 Å². The van der Waals surface area contributed by atoms with Gasteiger partial charge in [0.25, 0.3) is 21.7 Å². The van der Waals surface area contributed by atoms with Crippen LogP contribution in [-0.4, -0.2) is 24.7 Å². The maximum absolute atomic E-state index is 12.9. The summed E-state index contributed by atoms with van der Waals surface area (Å²) in [5.74, 6) is -0.490. The van der Waals surface area contributed by atoms with Crippen molar-refractivity contribution in [2.75, 3.05) is 5.32 Å². The smallest absolute Gasteiger partial charge is 0.295 e. The summed E-state index contributed by atoms with van der Waals surface area (Å²) >= 11 is 0. The Morgan fingerprint density at radius 1 is 1.00 bits per heavy atom. The van der Waals surface area contributed by atoms with Crippen LogP contribution < -0.4 is 11.1 Å². The molecule has 1 amide bonds. The van der Waals surface area contributed by atoms with Crippen LogP contribution in [0.25, 0.3) is 21.3 Å². The maximum Gasteiger partial charge on any atom is 0.295 e. The quantitative estimate of drug-likeness (QED) is 0.342. The standard InChI is InChI=1S/C21H14N4O4S/c1-23-19(18-14-6-2-3-7-15(14)20(22)25-18)21(26)24-16-10-4-9-13-12(16)8-5-11-17(13)30(27,28)29/h2-11H,(H2,22,25)(H,24,26)(H,27,28,29)/b19-18+. The zero-order chi connectivity index (χ0) is 21.5. The molecule has 3 aromatic rings. The van der Waals surface area contributed by atoms with Gasteiger partial charge >= 0.3 is 0 Å². The molecule has 0 saturated heterocycles. The van der Waals surface area contributed by atoms with Gasteiger partial charge in [-0.25, -0.2) is 9.84 Å². The first-order valence-corrected chi connectivity index (χ1v) is 10.1. The molecule has 30 heavy (non-hydrogen) atoms. The Balaban J connectivity index is 1.80. The van der Waals surface area contributed by atoms with Gasteiger partial charge in [0.15, 0.2) is 0 Å². The Kier molecular flexibility index (Phi) is 4.58. The van der Waals surface area contributed by atoms with E-state index in [1.54, 1.807) is 36.4 Å². The Morgan fingerprint density at radius 2 is 1.67 bits per heavy atom. The molecule has 1 heterocycles. The van der Waals surface area contributed by atoms with E-state index < -0.39 is 16.0 Å². The monoisotopic (exact) mass is 418 g/mol. The van der Waals surface area contributed by atoms with Gasteiger partial charge in [-0.2, -0.15) is 8.42 Å². The number of amidine groups is 1. The third-order valence-corrected chi connectivity index (χ3v) is 5.56. The Bertz CT molecular complexity index is 1430. The van der Waals surface area contributed by atoms with E-state index in [0.717, 1.165) is 0 Å². The number of anilines is 1. The van der Waals surface area contributed by atoms with E-state index in [2.05, 4.69) is 15.2 Å². The average Bonchev–Trinajstić information content (AvgIpc) is 3.04. The van der Waals surface area contributed by atoms with Crippen molar-refractivity contribution in [3.05, 3.63) is 88.9 Å². The number of carbonyl (C=O) groups excluding carboxylic acids is 1. The van der Waals surface area contributed by atoms with Crippen LogP contribution in [0.3, 0.4) is 0 Å². The summed E-state index contributed by atoms with van der Waals surface area (Å²) in [7, 11) is -4.45. The number of aliphatic imine (C=N–C) groups is 1. The van der Waals surface area contributed by atoms with E-state index in [1.165, 1.54) is 24.3 Å². The first-order valence-electron chi connectivity index (χ1n) is 8.67. The Hall–Kier alpha value is -4.00. The van der Waals surface area contributed by atoms with Crippen LogP contribution in [0, 0.1) is 6.57 Å². The molecule has 9 heteroatoms. The van der Waals surface area contributed by atoms with Gasteiger partial charge in [0.1, 0.15) is 10.7 Å². The van der Waals surface area contributed by atoms with Gasteiger partial charge < -0.3 is 11.1 Å². The fraction of sp³-hybridized carbons (Fsp3) is 0. The third kappa shape index (κ3) is 3.20.